The van der Waals surface area contributed by atoms with Crippen molar-refractivity contribution in [2.45, 2.75) is 39.2 Å². The smallest absolute Gasteiger partial charge is 0.0630 e. The third-order valence-corrected chi connectivity index (χ3v) is 4.23. The summed E-state index contributed by atoms with van der Waals surface area (Å²) in [6, 6.07) is 0. The van der Waals surface area contributed by atoms with E-state index in [0.717, 1.165) is 11.8 Å². The average molecular weight is 154 g/mol. The van der Waals surface area contributed by atoms with Gasteiger partial charge in [-0.1, -0.05) is 20.3 Å². The highest BCUT2D eigenvalue weighted by Crippen LogP contribution is 2.66. The van der Waals surface area contributed by atoms with E-state index in [1.165, 1.54) is 19.3 Å². The highest BCUT2D eigenvalue weighted by Gasteiger charge is 2.63. The summed E-state index contributed by atoms with van der Waals surface area (Å²) in [6.07, 6.45) is 4.66. The molecule has 0 bridgehead atoms. The summed E-state index contributed by atoms with van der Waals surface area (Å²) in [5.74, 6) is 1.89. The van der Waals surface area contributed by atoms with Gasteiger partial charge in [0.15, 0.2) is 0 Å². The summed E-state index contributed by atoms with van der Waals surface area (Å²) in [6.45, 7) is 4.78. The van der Waals surface area contributed by atoms with Crippen LogP contribution in [0.5, 0.6) is 0 Å². The maximum Gasteiger partial charge on any atom is 0.0630 e. The predicted octanol–water partition coefficient (Wildman–Crippen LogP) is 2.46. The van der Waals surface area contributed by atoms with Crippen molar-refractivity contribution < 1.29 is 4.74 Å². The van der Waals surface area contributed by atoms with E-state index in [0.29, 0.717) is 11.5 Å². The van der Waals surface area contributed by atoms with Crippen LogP contribution in [0.25, 0.3) is 0 Å². The molecule has 0 aromatic heterocycles. The summed E-state index contributed by atoms with van der Waals surface area (Å²) in [7, 11) is 1.86. The summed E-state index contributed by atoms with van der Waals surface area (Å²) >= 11 is 0. The maximum absolute atomic E-state index is 5.52. The van der Waals surface area contributed by atoms with Gasteiger partial charge in [-0.3, -0.25) is 0 Å². The Hall–Kier alpha value is -0.0400. The highest BCUT2D eigenvalue weighted by atomic mass is 16.5. The molecular formula is C10H18O. The Balaban J connectivity index is 2.12. The molecule has 0 aromatic carbocycles. The second kappa shape index (κ2) is 2.22. The van der Waals surface area contributed by atoms with E-state index in [1.54, 1.807) is 0 Å². The molecule has 0 N–H and O–H groups in total. The van der Waals surface area contributed by atoms with Crippen molar-refractivity contribution in [2.24, 2.45) is 17.3 Å². The Morgan fingerprint density at radius 1 is 1.36 bits per heavy atom. The van der Waals surface area contributed by atoms with Gasteiger partial charge in [0.25, 0.3) is 0 Å². The van der Waals surface area contributed by atoms with E-state index in [2.05, 4.69) is 13.8 Å². The minimum atomic E-state index is 0.549. The summed E-state index contributed by atoms with van der Waals surface area (Å²) in [4.78, 5) is 0. The van der Waals surface area contributed by atoms with Gasteiger partial charge in [-0.15, -0.1) is 0 Å². The minimum Gasteiger partial charge on any atom is -0.381 e. The molecule has 2 aliphatic rings. The second-order valence-electron chi connectivity index (χ2n) is 4.42. The van der Waals surface area contributed by atoms with Crippen LogP contribution in [0.1, 0.15) is 33.1 Å². The molecule has 2 rings (SSSR count). The van der Waals surface area contributed by atoms with Crippen molar-refractivity contribution in [1.82, 2.24) is 0 Å². The monoisotopic (exact) mass is 154 g/mol. The lowest BCUT2D eigenvalue weighted by Gasteiger charge is -2.27. The van der Waals surface area contributed by atoms with E-state index < -0.39 is 0 Å². The molecular weight excluding hydrogens is 136 g/mol. The van der Waals surface area contributed by atoms with Gasteiger partial charge >= 0.3 is 0 Å². The lowest BCUT2D eigenvalue weighted by molar-refractivity contribution is 0.0151. The second-order valence-corrected chi connectivity index (χ2v) is 4.42. The molecule has 0 unspecified atom stereocenters. The average Bonchev–Trinajstić information content (AvgIpc) is 2.55. The molecule has 0 heterocycles. The van der Waals surface area contributed by atoms with Crippen molar-refractivity contribution in [3.8, 4) is 0 Å². The fourth-order valence-corrected chi connectivity index (χ4v) is 3.16. The third kappa shape index (κ3) is 0.807. The molecule has 11 heavy (non-hydrogen) atoms. The molecule has 4 atom stereocenters. The third-order valence-electron chi connectivity index (χ3n) is 4.23. The fraction of sp³-hybridized carbons (Fsp3) is 1.00. The van der Waals surface area contributed by atoms with Gasteiger partial charge in [-0.05, 0) is 30.1 Å². The van der Waals surface area contributed by atoms with Gasteiger partial charge in [-0.2, -0.15) is 0 Å². The number of methoxy groups -OCH3 is 1. The summed E-state index contributed by atoms with van der Waals surface area (Å²) in [5, 5.41) is 0. The van der Waals surface area contributed by atoms with Crippen LogP contribution in [0, 0.1) is 17.3 Å². The Morgan fingerprint density at radius 3 is 2.64 bits per heavy atom. The molecule has 2 aliphatic carbocycles. The topological polar surface area (TPSA) is 9.23 Å². The highest BCUT2D eigenvalue weighted by molar-refractivity contribution is 5.11. The first-order chi connectivity index (χ1) is 5.21. The van der Waals surface area contributed by atoms with Crippen LogP contribution in [0.3, 0.4) is 0 Å². The Morgan fingerprint density at radius 2 is 2.09 bits per heavy atom. The molecule has 0 saturated heterocycles. The van der Waals surface area contributed by atoms with Crippen LogP contribution in [-0.2, 0) is 4.74 Å². The normalized spacial score (nSPS) is 55.4. The van der Waals surface area contributed by atoms with Gasteiger partial charge in [0, 0.05) is 7.11 Å². The molecule has 1 heteroatoms. The first-order valence-electron chi connectivity index (χ1n) is 4.74. The van der Waals surface area contributed by atoms with Crippen LogP contribution in [-0.4, -0.2) is 13.2 Å². The quantitative estimate of drug-likeness (QED) is 0.563. The van der Waals surface area contributed by atoms with Crippen LogP contribution in [0.15, 0.2) is 0 Å². The van der Waals surface area contributed by atoms with Gasteiger partial charge in [0.05, 0.1) is 6.10 Å². The lowest BCUT2D eigenvalue weighted by atomic mass is 9.87. The van der Waals surface area contributed by atoms with E-state index in [9.17, 15) is 0 Å². The minimum absolute atomic E-state index is 0.549. The number of fused-ring (bicyclic) bond motifs is 1. The van der Waals surface area contributed by atoms with Crippen molar-refractivity contribution in [3.63, 3.8) is 0 Å². The van der Waals surface area contributed by atoms with Gasteiger partial charge in [0.1, 0.15) is 0 Å². The molecule has 0 amide bonds. The largest absolute Gasteiger partial charge is 0.381 e. The molecule has 0 radical (unpaired) electrons. The molecule has 64 valence electrons. The van der Waals surface area contributed by atoms with Crippen molar-refractivity contribution in [2.75, 3.05) is 7.11 Å². The predicted molar refractivity (Wildman–Crippen MR) is 45.4 cm³/mol. The van der Waals surface area contributed by atoms with E-state index in [1.807, 2.05) is 7.11 Å². The SMILES string of the molecule is CO[C@@H]1CCC[C@@H]2[C@@H](C)[C@]21C. The fourth-order valence-electron chi connectivity index (χ4n) is 3.16. The number of hydrogen-bond acceptors (Lipinski definition) is 1. The number of ether oxygens (including phenoxy) is 1. The molecule has 2 saturated carbocycles. The van der Waals surface area contributed by atoms with Crippen LogP contribution in [0.4, 0.5) is 0 Å². The molecule has 0 spiro atoms. The molecule has 2 fully saturated rings. The van der Waals surface area contributed by atoms with Crippen LogP contribution >= 0.6 is 0 Å². The number of rotatable bonds is 1. The zero-order chi connectivity index (χ0) is 8.06. The molecule has 0 aliphatic heterocycles. The first kappa shape index (κ1) is 7.60. The Labute approximate surface area is 69.1 Å². The van der Waals surface area contributed by atoms with E-state index >= 15 is 0 Å². The lowest BCUT2D eigenvalue weighted by Crippen LogP contribution is -2.27. The Kier molecular flexibility index (Phi) is 1.54. The summed E-state index contributed by atoms with van der Waals surface area (Å²) < 4.78 is 5.52. The van der Waals surface area contributed by atoms with Gasteiger partial charge in [0.2, 0.25) is 0 Å². The maximum atomic E-state index is 5.52. The van der Waals surface area contributed by atoms with Gasteiger partial charge in [-0.25, -0.2) is 0 Å². The van der Waals surface area contributed by atoms with E-state index in [-0.39, 0.29) is 0 Å². The molecule has 0 aromatic rings. The van der Waals surface area contributed by atoms with Crippen molar-refractivity contribution in [3.05, 3.63) is 0 Å². The van der Waals surface area contributed by atoms with E-state index in [4.69, 9.17) is 4.74 Å². The van der Waals surface area contributed by atoms with Crippen molar-refractivity contribution in [1.29, 1.82) is 0 Å². The Bertz CT molecular complexity index is 166. The van der Waals surface area contributed by atoms with Crippen LogP contribution in [0.2, 0.25) is 0 Å². The zero-order valence-corrected chi connectivity index (χ0v) is 7.76. The van der Waals surface area contributed by atoms with Gasteiger partial charge < -0.3 is 4.74 Å². The summed E-state index contributed by atoms with van der Waals surface area (Å²) in [5.41, 5.74) is 0.549. The number of hydrogen-bond donors (Lipinski definition) is 0. The molecule has 1 nitrogen and oxygen atoms in total. The van der Waals surface area contributed by atoms with Crippen molar-refractivity contribution >= 4 is 0 Å². The standard InChI is InChI=1S/C10H18O/c1-7-8-5-4-6-9(11-3)10(7,8)2/h7-9H,4-6H2,1-3H3/t7-,8-,9-,10-/m1/s1. The zero-order valence-electron chi connectivity index (χ0n) is 7.76. The first-order valence-corrected chi connectivity index (χ1v) is 4.74. The van der Waals surface area contributed by atoms with Crippen LogP contribution < -0.4 is 0 Å².